The molecule has 2 heterocycles. The number of nitrogens with zero attached hydrogens (tertiary/aromatic N) is 2. The first-order valence-corrected chi connectivity index (χ1v) is 6.30. The van der Waals surface area contributed by atoms with Crippen LogP contribution in [0.4, 0.5) is 0 Å². The van der Waals surface area contributed by atoms with Gasteiger partial charge in [0.25, 0.3) is 0 Å². The van der Waals surface area contributed by atoms with Crippen molar-refractivity contribution < 1.29 is 9.57 Å². The topological polar surface area (TPSA) is 43.7 Å². The monoisotopic (exact) mass is 300 g/mol. The number of methoxy groups -OCH3 is 1. The number of ether oxygens (including phenoxy) is 1. The number of pyridine rings is 1. The van der Waals surface area contributed by atoms with E-state index < -0.39 is 0 Å². The van der Waals surface area contributed by atoms with E-state index in [0.717, 1.165) is 28.9 Å². The zero-order valence-corrected chi connectivity index (χ0v) is 11.9. The molecule has 0 saturated carbocycles. The molecule has 5 heteroatoms. The molecule has 1 aliphatic rings. The molecule has 94 valence electrons. The Hall–Kier alpha value is -0.940. The average molecular weight is 301 g/mol. The number of halogens is 1. The lowest BCUT2D eigenvalue weighted by Crippen LogP contribution is -2.04. The Morgan fingerprint density at radius 1 is 1.53 bits per heavy atom. The van der Waals surface area contributed by atoms with E-state index in [4.69, 9.17) is 4.84 Å². The fourth-order valence-corrected chi connectivity index (χ4v) is 1.43. The second-order valence-corrected chi connectivity index (χ2v) is 4.51. The van der Waals surface area contributed by atoms with Crippen molar-refractivity contribution in [2.24, 2.45) is 5.16 Å². The summed E-state index contributed by atoms with van der Waals surface area (Å²) in [5.74, 6) is 0. The lowest BCUT2D eigenvalue weighted by atomic mass is 10.1. The maximum absolute atomic E-state index is 5.09. The van der Waals surface area contributed by atoms with Crippen LogP contribution in [-0.2, 0) is 9.57 Å². The minimum atomic E-state index is 0.181. The molecule has 4 nitrogen and oxygen atoms in total. The molecule has 1 aromatic rings. The molecule has 0 aliphatic carbocycles. The molecule has 0 N–H and O–H groups in total. The summed E-state index contributed by atoms with van der Waals surface area (Å²) in [7, 11) is 1.68. The van der Waals surface area contributed by atoms with Crippen molar-refractivity contribution in [2.45, 2.75) is 26.4 Å². The first-order valence-electron chi connectivity index (χ1n) is 5.51. The van der Waals surface area contributed by atoms with E-state index in [0.29, 0.717) is 0 Å². The summed E-state index contributed by atoms with van der Waals surface area (Å²) in [5.41, 5.74) is 1.83. The van der Waals surface area contributed by atoms with Crippen LogP contribution in [0.2, 0.25) is 0 Å². The minimum Gasteiger partial charge on any atom is -0.392 e. The molecule has 0 amide bonds. The molecular weight excluding hydrogens is 284 g/mol. The lowest BCUT2D eigenvalue weighted by Gasteiger charge is -1.97. The smallest absolute Gasteiger partial charge is 0.130 e. The molecule has 0 fully saturated rings. The van der Waals surface area contributed by atoms with Crippen LogP contribution in [0.3, 0.4) is 0 Å². The maximum Gasteiger partial charge on any atom is 0.130 e. The Balaban J connectivity index is 0.000000317. The van der Waals surface area contributed by atoms with Crippen molar-refractivity contribution in [3.63, 3.8) is 0 Å². The number of hydrogen-bond acceptors (Lipinski definition) is 4. The van der Waals surface area contributed by atoms with Crippen molar-refractivity contribution in [1.29, 1.82) is 0 Å². The Morgan fingerprint density at radius 2 is 2.24 bits per heavy atom. The summed E-state index contributed by atoms with van der Waals surface area (Å²) in [6.07, 6.45) is 2.79. The van der Waals surface area contributed by atoms with E-state index in [2.05, 4.69) is 30.8 Å². The van der Waals surface area contributed by atoms with Crippen molar-refractivity contribution >= 4 is 21.6 Å². The number of hydrogen-bond donors (Lipinski definition) is 0. The van der Waals surface area contributed by atoms with E-state index in [-0.39, 0.29) is 6.10 Å². The molecule has 0 radical (unpaired) electrons. The summed E-state index contributed by atoms with van der Waals surface area (Å²) < 4.78 is 5.52. The third-order valence-corrected chi connectivity index (χ3v) is 2.60. The van der Waals surface area contributed by atoms with Crippen molar-refractivity contribution in [3.05, 3.63) is 28.5 Å². The van der Waals surface area contributed by atoms with Crippen molar-refractivity contribution in [2.75, 3.05) is 13.7 Å². The van der Waals surface area contributed by atoms with Gasteiger partial charge in [-0.15, -0.1) is 0 Å². The van der Waals surface area contributed by atoms with Crippen LogP contribution in [0, 0.1) is 0 Å². The fraction of sp³-hybridized carbons (Fsp3) is 0.500. The second-order valence-electron chi connectivity index (χ2n) is 3.60. The van der Waals surface area contributed by atoms with Crippen LogP contribution in [0.1, 0.15) is 26.0 Å². The highest BCUT2D eigenvalue weighted by atomic mass is 79.9. The standard InChI is InChI=1S/C9H9BrN2O.C3H8O/c1-6-4-9(12-13-6)8-3-2-7(10)5-11-8;1-3-4-2/h2-3,5-6H,4H2,1H3;3H2,1-2H3. The fourth-order valence-electron chi connectivity index (χ4n) is 1.20. The molecule has 2 rings (SSSR count). The zero-order chi connectivity index (χ0) is 12.7. The normalized spacial score (nSPS) is 17.9. The molecule has 0 spiro atoms. The Bertz CT molecular complexity index is 363. The molecule has 0 aromatic carbocycles. The third-order valence-electron chi connectivity index (χ3n) is 2.14. The van der Waals surface area contributed by atoms with Gasteiger partial charge in [-0.1, -0.05) is 5.16 Å². The van der Waals surface area contributed by atoms with Crippen LogP contribution in [0.5, 0.6) is 0 Å². The predicted octanol–water partition coefficient (Wildman–Crippen LogP) is 3.01. The molecule has 1 aromatic heterocycles. The van der Waals surface area contributed by atoms with Crippen LogP contribution < -0.4 is 0 Å². The zero-order valence-electron chi connectivity index (χ0n) is 10.3. The first kappa shape index (κ1) is 14.1. The molecule has 1 aliphatic heterocycles. The number of rotatable bonds is 2. The summed E-state index contributed by atoms with van der Waals surface area (Å²) in [4.78, 5) is 9.32. The Kier molecular flexibility index (Phi) is 6.15. The SMILES string of the molecule is CC1CC(c2ccc(Br)cn2)=NO1.CCOC. The average Bonchev–Trinajstić information content (AvgIpc) is 2.77. The third kappa shape index (κ3) is 4.83. The second kappa shape index (κ2) is 7.40. The van der Waals surface area contributed by atoms with Crippen molar-refractivity contribution in [3.8, 4) is 0 Å². The quantitative estimate of drug-likeness (QED) is 0.843. The molecule has 0 saturated heterocycles. The van der Waals surface area contributed by atoms with E-state index in [9.17, 15) is 0 Å². The van der Waals surface area contributed by atoms with Gasteiger partial charge in [0.15, 0.2) is 0 Å². The van der Waals surface area contributed by atoms with Crippen LogP contribution in [-0.4, -0.2) is 30.5 Å². The van der Waals surface area contributed by atoms with Crippen LogP contribution in [0.15, 0.2) is 28.0 Å². The van der Waals surface area contributed by atoms with E-state index in [1.807, 2.05) is 26.0 Å². The van der Waals surface area contributed by atoms with E-state index in [1.54, 1.807) is 13.3 Å². The lowest BCUT2D eigenvalue weighted by molar-refractivity contribution is 0.0995. The molecule has 17 heavy (non-hydrogen) atoms. The number of oxime groups is 1. The first-order chi connectivity index (χ1) is 8.17. The van der Waals surface area contributed by atoms with Gasteiger partial charge in [-0.05, 0) is 41.9 Å². The van der Waals surface area contributed by atoms with Crippen LogP contribution >= 0.6 is 15.9 Å². The Labute approximate surface area is 110 Å². The highest BCUT2D eigenvalue weighted by molar-refractivity contribution is 9.10. The van der Waals surface area contributed by atoms with Gasteiger partial charge in [0, 0.05) is 30.8 Å². The van der Waals surface area contributed by atoms with Crippen molar-refractivity contribution in [1.82, 2.24) is 4.98 Å². The van der Waals surface area contributed by atoms with Gasteiger partial charge in [-0.2, -0.15) is 0 Å². The minimum absolute atomic E-state index is 0.181. The van der Waals surface area contributed by atoms with Gasteiger partial charge >= 0.3 is 0 Å². The van der Waals surface area contributed by atoms with Gasteiger partial charge in [0.05, 0.1) is 5.69 Å². The number of aromatic nitrogens is 1. The Morgan fingerprint density at radius 3 is 2.65 bits per heavy atom. The van der Waals surface area contributed by atoms with Gasteiger partial charge in [0.2, 0.25) is 0 Å². The molecule has 1 atom stereocenters. The molecule has 0 bridgehead atoms. The summed E-state index contributed by atoms with van der Waals surface area (Å²) >= 11 is 3.33. The predicted molar refractivity (Wildman–Crippen MR) is 71.2 cm³/mol. The van der Waals surface area contributed by atoms with Gasteiger partial charge < -0.3 is 9.57 Å². The van der Waals surface area contributed by atoms with Gasteiger partial charge in [-0.25, -0.2) is 0 Å². The highest BCUT2D eigenvalue weighted by Gasteiger charge is 2.18. The van der Waals surface area contributed by atoms with Gasteiger partial charge in [-0.3, -0.25) is 4.98 Å². The van der Waals surface area contributed by atoms with Crippen LogP contribution in [0.25, 0.3) is 0 Å². The van der Waals surface area contributed by atoms with Gasteiger partial charge in [0.1, 0.15) is 11.8 Å². The highest BCUT2D eigenvalue weighted by Crippen LogP contribution is 2.15. The van der Waals surface area contributed by atoms with E-state index in [1.165, 1.54) is 0 Å². The largest absolute Gasteiger partial charge is 0.392 e. The summed E-state index contributed by atoms with van der Waals surface area (Å²) in [5, 5.41) is 3.96. The summed E-state index contributed by atoms with van der Waals surface area (Å²) in [6.45, 7) is 4.77. The summed E-state index contributed by atoms with van der Waals surface area (Å²) in [6, 6.07) is 3.89. The molecule has 1 unspecified atom stereocenters. The van der Waals surface area contributed by atoms with E-state index >= 15 is 0 Å². The maximum atomic E-state index is 5.09. The molecular formula is C12H17BrN2O2.